The maximum absolute atomic E-state index is 13.6. The van der Waals surface area contributed by atoms with E-state index in [4.69, 9.17) is 14.2 Å². The molecule has 0 saturated heterocycles. The van der Waals surface area contributed by atoms with Crippen molar-refractivity contribution in [1.29, 1.82) is 0 Å². The number of rotatable bonds is 6. The second kappa shape index (κ2) is 6.83. The molecular formula is C16H18FNO3. The Morgan fingerprint density at radius 3 is 2.24 bits per heavy atom. The Morgan fingerprint density at radius 1 is 0.905 bits per heavy atom. The molecule has 0 aliphatic heterocycles. The maximum atomic E-state index is 13.6. The Balaban J connectivity index is 2.26. The van der Waals surface area contributed by atoms with Gasteiger partial charge < -0.3 is 19.5 Å². The lowest BCUT2D eigenvalue weighted by atomic mass is 10.1. The molecule has 0 aromatic heterocycles. The van der Waals surface area contributed by atoms with Gasteiger partial charge in [-0.2, -0.15) is 0 Å². The van der Waals surface area contributed by atoms with E-state index in [0.717, 1.165) is 5.56 Å². The fourth-order valence-electron chi connectivity index (χ4n) is 2.10. The van der Waals surface area contributed by atoms with Gasteiger partial charge in [0.25, 0.3) is 0 Å². The molecule has 1 N–H and O–H groups in total. The van der Waals surface area contributed by atoms with Crippen LogP contribution in [0.15, 0.2) is 36.4 Å². The molecule has 0 atom stereocenters. The number of methoxy groups -OCH3 is 3. The monoisotopic (exact) mass is 291 g/mol. The molecule has 0 bridgehead atoms. The first-order valence-electron chi connectivity index (χ1n) is 6.47. The fraction of sp³-hybridized carbons (Fsp3) is 0.250. The molecule has 0 aliphatic rings. The van der Waals surface area contributed by atoms with E-state index >= 15 is 0 Å². The molecule has 0 amide bonds. The number of hydrogen-bond acceptors (Lipinski definition) is 4. The number of halogens is 1. The molecule has 2 aromatic rings. The van der Waals surface area contributed by atoms with Crippen LogP contribution in [0, 0.1) is 5.82 Å². The Labute approximate surface area is 123 Å². The molecule has 5 heteroatoms. The first kappa shape index (κ1) is 15.0. The van der Waals surface area contributed by atoms with Crippen LogP contribution in [-0.4, -0.2) is 21.3 Å². The predicted molar refractivity (Wildman–Crippen MR) is 79.8 cm³/mol. The second-order valence-electron chi connectivity index (χ2n) is 4.33. The molecule has 4 nitrogen and oxygen atoms in total. The van der Waals surface area contributed by atoms with Crippen LogP contribution in [0.5, 0.6) is 17.2 Å². The van der Waals surface area contributed by atoms with Crippen LogP contribution in [0.3, 0.4) is 0 Å². The van der Waals surface area contributed by atoms with Gasteiger partial charge in [-0.3, -0.25) is 0 Å². The molecule has 2 aromatic carbocycles. The standard InChI is InChI=1S/C16H18FNO3/c1-19-14-9-8-11(15(20-2)16(14)21-3)10-18-13-7-5-4-6-12(13)17/h4-9,18H,10H2,1-3H3. The van der Waals surface area contributed by atoms with Crippen molar-refractivity contribution in [2.45, 2.75) is 6.54 Å². The summed E-state index contributed by atoms with van der Waals surface area (Å²) in [5.41, 5.74) is 1.28. The molecule has 0 fully saturated rings. The van der Waals surface area contributed by atoms with Crippen LogP contribution in [0.2, 0.25) is 0 Å². The molecule has 0 saturated carbocycles. The summed E-state index contributed by atoms with van der Waals surface area (Å²) in [5, 5.41) is 3.04. The van der Waals surface area contributed by atoms with Crippen molar-refractivity contribution in [3.8, 4) is 17.2 Å². The number of anilines is 1. The van der Waals surface area contributed by atoms with E-state index in [-0.39, 0.29) is 5.82 Å². The van der Waals surface area contributed by atoms with Crippen molar-refractivity contribution in [3.05, 3.63) is 47.8 Å². The van der Waals surface area contributed by atoms with E-state index < -0.39 is 0 Å². The van der Waals surface area contributed by atoms with E-state index in [1.807, 2.05) is 6.07 Å². The third-order valence-corrected chi connectivity index (χ3v) is 3.13. The summed E-state index contributed by atoms with van der Waals surface area (Å²) < 4.78 is 29.5. The van der Waals surface area contributed by atoms with Gasteiger partial charge in [0.05, 0.1) is 27.0 Å². The topological polar surface area (TPSA) is 39.7 Å². The van der Waals surface area contributed by atoms with Crippen molar-refractivity contribution in [2.24, 2.45) is 0 Å². The Morgan fingerprint density at radius 2 is 1.62 bits per heavy atom. The minimum absolute atomic E-state index is 0.294. The highest BCUT2D eigenvalue weighted by Gasteiger charge is 2.15. The average Bonchev–Trinajstić information content (AvgIpc) is 2.52. The number of benzene rings is 2. The minimum atomic E-state index is -0.294. The maximum Gasteiger partial charge on any atom is 0.203 e. The molecular weight excluding hydrogens is 273 g/mol. The van der Waals surface area contributed by atoms with Crippen molar-refractivity contribution >= 4 is 5.69 Å². The van der Waals surface area contributed by atoms with Crippen molar-refractivity contribution in [1.82, 2.24) is 0 Å². The lowest BCUT2D eigenvalue weighted by Crippen LogP contribution is -2.05. The lowest BCUT2D eigenvalue weighted by molar-refractivity contribution is 0.322. The van der Waals surface area contributed by atoms with Crippen molar-refractivity contribution in [3.63, 3.8) is 0 Å². The smallest absolute Gasteiger partial charge is 0.203 e. The van der Waals surface area contributed by atoms with Crippen LogP contribution in [-0.2, 0) is 6.54 Å². The highest BCUT2D eigenvalue weighted by molar-refractivity contribution is 5.57. The largest absolute Gasteiger partial charge is 0.493 e. The van der Waals surface area contributed by atoms with Crippen molar-refractivity contribution in [2.75, 3.05) is 26.6 Å². The molecule has 0 unspecified atom stereocenters. The van der Waals surface area contributed by atoms with Gasteiger partial charge in [-0.05, 0) is 24.3 Å². The second-order valence-corrected chi connectivity index (χ2v) is 4.33. The summed E-state index contributed by atoms with van der Waals surface area (Å²) in [5.74, 6) is 1.38. The van der Waals surface area contributed by atoms with E-state index in [0.29, 0.717) is 29.5 Å². The summed E-state index contributed by atoms with van der Waals surface area (Å²) >= 11 is 0. The van der Waals surface area contributed by atoms with Crippen LogP contribution in [0.25, 0.3) is 0 Å². The first-order chi connectivity index (χ1) is 10.2. The van der Waals surface area contributed by atoms with Gasteiger partial charge in [0.2, 0.25) is 5.75 Å². The summed E-state index contributed by atoms with van der Waals surface area (Å²) in [6.45, 7) is 0.407. The summed E-state index contributed by atoms with van der Waals surface area (Å²) in [4.78, 5) is 0. The fourth-order valence-corrected chi connectivity index (χ4v) is 2.10. The number of nitrogens with one attached hydrogen (secondary N) is 1. The normalized spacial score (nSPS) is 10.1. The van der Waals surface area contributed by atoms with Crippen LogP contribution < -0.4 is 19.5 Å². The zero-order valence-electron chi connectivity index (χ0n) is 12.3. The van der Waals surface area contributed by atoms with Crippen LogP contribution >= 0.6 is 0 Å². The SMILES string of the molecule is COc1ccc(CNc2ccccc2F)c(OC)c1OC. The number of ether oxygens (including phenoxy) is 3. The van der Waals surface area contributed by atoms with Gasteiger partial charge >= 0.3 is 0 Å². The van der Waals surface area contributed by atoms with Gasteiger partial charge in [0.15, 0.2) is 11.5 Å². The first-order valence-corrected chi connectivity index (χ1v) is 6.47. The molecule has 0 spiro atoms. The number of hydrogen-bond donors (Lipinski definition) is 1. The molecule has 0 aliphatic carbocycles. The Hall–Kier alpha value is -2.43. The molecule has 2 rings (SSSR count). The van der Waals surface area contributed by atoms with Crippen LogP contribution in [0.1, 0.15) is 5.56 Å². The van der Waals surface area contributed by atoms with Gasteiger partial charge in [-0.15, -0.1) is 0 Å². The molecule has 0 heterocycles. The molecule has 21 heavy (non-hydrogen) atoms. The molecule has 112 valence electrons. The van der Waals surface area contributed by atoms with E-state index in [9.17, 15) is 4.39 Å². The third-order valence-electron chi connectivity index (χ3n) is 3.13. The highest BCUT2D eigenvalue weighted by atomic mass is 19.1. The van der Waals surface area contributed by atoms with E-state index in [2.05, 4.69) is 5.32 Å². The summed E-state index contributed by atoms with van der Waals surface area (Å²) in [6.07, 6.45) is 0. The third kappa shape index (κ3) is 3.18. The van der Waals surface area contributed by atoms with Crippen LogP contribution in [0.4, 0.5) is 10.1 Å². The van der Waals surface area contributed by atoms with E-state index in [1.165, 1.54) is 6.07 Å². The van der Waals surface area contributed by atoms with E-state index in [1.54, 1.807) is 45.6 Å². The van der Waals surface area contributed by atoms with Gasteiger partial charge in [0.1, 0.15) is 5.82 Å². The predicted octanol–water partition coefficient (Wildman–Crippen LogP) is 3.46. The summed E-state index contributed by atoms with van der Waals surface area (Å²) in [7, 11) is 4.67. The Bertz CT molecular complexity index is 616. The van der Waals surface area contributed by atoms with Gasteiger partial charge in [0, 0.05) is 12.1 Å². The zero-order valence-corrected chi connectivity index (χ0v) is 12.3. The number of para-hydroxylation sites is 1. The minimum Gasteiger partial charge on any atom is -0.493 e. The zero-order chi connectivity index (χ0) is 15.2. The highest BCUT2D eigenvalue weighted by Crippen LogP contribution is 2.39. The summed E-state index contributed by atoms with van der Waals surface area (Å²) in [6, 6.07) is 10.2. The van der Waals surface area contributed by atoms with Gasteiger partial charge in [-0.25, -0.2) is 4.39 Å². The average molecular weight is 291 g/mol. The quantitative estimate of drug-likeness (QED) is 0.884. The van der Waals surface area contributed by atoms with Crippen molar-refractivity contribution < 1.29 is 18.6 Å². The Kier molecular flexibility index (Phi) is 4.87. The molecule has 0 radical (unpaired) electrons. The van der Waals surface area contributed by atoms with Gasteiger partial charge in [-0.1, -0.05) is 12.1 Å². The lowest BCUT2D eigenvalue weighted by Gasteiger charge is -2.16.